The average Bonchev–Trinajstić information content (AvgIpc) is 3.72. The number of benzene rings is 9. The molecule has 5 nitrogen and oxygen atoms in total. The third kappa shape index (κ3) is 7.11. The summed E-state index contributed by atoms with van der Waals surface area (Å²) in [6.45, 7) is 0. The Kier molecular flexibility index (Phi) is 9.99. The molecule has 0 bridgehead atoms. The van der Waals surface area contributed by atoms with Gasteiger partial charge in [0, 0.05) is 33.4 Å². The Morgan fingerprint density at radius 1 is 0.224 bits per heavy atom. The summed E-state index contributed by atoms with van der Waals surface area (Å²) < 4.78 is 0. The van der Waals surface area contributed by atoms with E-state index in [2.05, 4.69) is 176 Å². The standard InChI is InChI=1S/C62H41N5/c1-7-21-43(22-8-1)56-41-57(44-23-9-2-10-24-44)64-58(63-56)47-37-35-42(36-38-47)51-39-52-50-33-19-20-34-54(50)62(48-29-15-5-16-30-48,49-31-17-6-18-32-49)55(52)40-53(51)61-66-59(45-25-11-3-12-26-45)65-60(67-61)46-27-13-4-14-28-46/h1-41H. The third-order valence-corrected chi connectivity index (χ3v) is 12.9. The summed E-state index contributed by atoms with van der Waals surface area (Å²) in [6, 6.07) is 87.0. The minimum Gasteiger partial charge on any atom is -0.228 e. The summed E-state index contributed by atoms with van der Waals surface area (Å²) in [6.07, 6.45) is 0. The second kappa shape index (κ2) is 16.9. The van der Waals surface area contributed by atoms with Gasteiger partial charge in [0.25, 0.3) is 0 Å². The van der Waals surface area contributed by atoms with E-state index in [1.807, 2.05) is 72.8 Å². The molecule has 0 saturated heterocycles. The Bertz CT molecular complexity index is 3370. The van der Waals surface area contributed by atoms with E-state index in [-0.39, 0.29) is 0 Å². The lowest BCUT2D eigenvalue weighted by Crippen LogP contribution is -2.28. The number of hydrogen-bond acceptors (Lipinski definition) is 5. The quantitative estimate of drug-likeness (QED) is 0.145. The monoisotopic (exact) mass is 855 g/mol. The molecule has 9 aromatic carbocycles. The summed E-state index contributed by atoms with van der Waals surface area (Å²) in [7, 11) is 0. The topological polar surface area (TPSA) is 64.5 Å². The first-order valence-electron chi connectivity index (χ1n) is 22.6. The maximum atomic E-state index is 5.35. The lowest BCUT2D eigenvalue weighted by atomic mass is 9.67. The van der Waals surface area contributed by atoms with E-state index in [9.17, 15) is 0 Å². The highest BCUT2D eigenvalue weighted by molar-refractivity contribution is 5.94. The van der Waals surface area contributed by atoms with Crippen LogP contribution in [0.5, 0.6) is 0 Å². The molecule has 0 fully saturated rings. The number of aromatic nitrogens is 5. The molecule has 314 valence electrons. The van der Waals surface area contributed by atoms with Crippen molar-refractivity contribution in [2.75, 3.05) is 0 Å². The first kappa shape index (κ1) is 39.6. The third-order valence-electron chi connectivity index (χ3n) is 12.9. The van der Waals surface area contributed by atoms with Crippen LogP contribution in [0.4, 0.5) is 0 Å². The molecule has 0 saturated carbocycles. The number of rotatable bonds is 9. The molecule has 1 aliphatic carbocycles. The van der Waals surface area contributed by atoms with Crippen molar-refractivity contribution < 1.29 is 0 Å². The van der Waals surface area contributed by atoms with Gasteiger partial charge in [0.1, 0.15) is 0 Å². The molecule has 0 spiro atoms. The molecule has 1 aliphatic rings. The minimum atomic E-state index is -0.624. The molecule has 0 radical (unpaired) electrons. The Balaban J connectivity index is 1.11. The summed E-state index contributed by atoms with van der Waals surface area (Å²) in [5, 5.41) is 0. The molecular weight excluding hydrogens is 815 g/mol. The van der Waals surface area contributed by atoms with Crippen molar-refractivity contribution in [2.45, 2.75) is 5.41 Å². The fourth-order valence-electron chi connectivity index (χ4n) is 9.73. The van der Waals surface area contributed by atoms with Crippen molar-refractivity contribution in [3.63, 3.8) is 0 Å². The van der Waals surface area contributed by atoms with Crippen LogP contribution in [-0.4, -0.2) is 24.9 Å². The van der Waals surface area contributed by atoms with Gasteiger partial charge in [-0.05, 0) is 62.7 Å². The normalized spacial score (nSPS) is 12.3. The highest BCUT2D eigenvalue weighted by Crippen LogP contribution is 2.58. The van der Waals surface area contributed by atoms with Crippen LogP contribution < -0.4 is 0 Å². The van der Waals surface area contributed by atoms with Crippen molar-refractivity contribution >= 4 is 0 Å². The highest BCUT2D eigenvalue weighted by atomic mass is 15.0. The predicted octanol–water partition coefficient (Wildman–Crippen LogP) is 14.7. The molecule has 0 atom stereocenters. The second-order valence-electron chi connectivity index (χ2n) is 16.8. The lowest BCUT2D eigenvalue weighted by molar-refractivity contribution is 0.768. The van der Waals surface area contributed by atoms with Gasteiger partial charge in [-0.1, -0.05) is 231 Å². The molecule has 11 aromatic rings. The molecule has 0 unspecified atom stereocenters. The maximum absolute atomic E-state index is 5.35. The van der Waals surface area contributed by atoms with Gasteiger partial charge < -0.3 is 0 Å². The van der Waals surface area contributed by atoms with Gasteiger partial charge in [-0.15, -0.1) is 0 Å². The average molecular weight is 856 g/mol. The number of nitrogens with zero attached hydrogens (tertiary/aromatic N) is 5. The first-order chi connectivity index (χ1) is 33.2. The van der Waals surface area contributed by atoms with Crippen molar-refractivity contribution in [3.8, 4) is 90.3 Å². The van der Waals surface area contributed by atoms with E-state index in [0.717, 1.165) is 61.5 Å². The first-order valence-corrected chi connectivity index (χ1v) is 22.6. The van der Waals surface area contributed by atoms with Crippen molar-refractivity contribution in [3.05, 3.63) is 271 Å². The Hall–Kier alpha value is -8.93. The van der Waals surface area contributed by atoms with Gasteiger partial charge in [-0.25, -0.2) is 24.9 Å². The maximum Gasteiger partial charge on any atom is 0.164 e. The molecular formula is C62H41N5. The number of fused-ring (bicyclic) bond motifs is 3. The summed E-state index contributed by atoms with van der Waals surface area (Å²) in [5.41, 5.74) is 16.0. The second-order valence-corrected chi connectivity index (χ2v) is 16.8. The van der Waals surface area contributed by atoms with E-state index in [0.29, 0.717) is 23.3 Å². The Morgan fingerprint density at radius 3 is 1.12 bits per heavy atom. The summed E-state index contributed by atoms with van der Waals surface area (Å²) in [5.74, 6) is 2.46. The zero-order chi connectivity index (χ0) is 44.6. The van der Waals surface area contributed by atoms with Crippen LogP contribution in [-0.2, 0) is 5.41 Å². The van der Waals surface area contributed by atoms with Gasteiger partial charge in [-0.3, -0.25) is 0 Å². The van der Waals surface area contributed by atoms with Crippen LogP contribution in [0.2, 0.25) is 0 Å². The molecule has 0 N–H and O–H groups in total. The summed E-state index contributed by atoms with van der Waals surface area (Å²) in [4.78, 5) is 26.1. The fourth-order valence-corrected chi connectivity index (χ4v) is 9.73. The minimum absolute atomic E-state index is 0.590. The van der Waals surface area contributed by atoms with Crippen LogP contribution >= 0.6 is 0 Å². The molecule has 5 heteroatoms. The summed E-state index contributed by atoms with van der Waals surface area (Å²) >= 11 is 0. The molecule has 0 aliphatic heterocycles. The Morgan fingerprint density at radius 2 is 0.612 bits per heavy atom. The van der Waals surface area contributed by atoms with Crippen molar-refractivity contribution in [1.29, 1.82) is 0 Å². The Labute approximate surface area is 389 Å². The molecule has 12 rings (SSSR count). The number of hydrogen-bond donors (Lipinski definition) is 0. The van der Waals surface area contributed by atoms with E-state index < -0.39 is 5.41 Å². The van der Waals surface area contributed by atoms with Crippen LogP contribution in [0.3, 0.4) is 0 Å². The van der Waals surface area contributed by atoms with Gasteiger partial charge in [0.15, 0.2) is 23.3 Å². The SMILES string of the molecule is c1ccc(-c2cc(-c3ccccc3)nc(-c3ccc(-c4cc5c(cc4-c4nc(-c6ccccc6)nc(-c6ccccc6)n4)C(c4ccccc4)(c4ccccc4)c4ccccc4-5)cc3)n2)cc1. The molecule has 67 heavy (non-hydrogen) atoms. The fraction of sp³-hybridized carbons (Fsp3) is 0.0161. The van der Waals surface area contributed by atoms with Crippen LogP contribution in [0.15, 0.2) is 249 Å². The predicted molar refractivity (Wildman–Crippen MR) is 271 cm³/mol. The van der Waals surface area contributed by atoms with E-state index in [1.165, 1.54) is 27.8 Å². The van der Waals surface area contributed by atoms with Crippen LogP contribution in [0, 0.1) is 0 Å². The molecule has 2 heterocycles. The molecule has 0 amide bonds. The van der Waals surface area contributed by atoms with Gasteiger partial charge in [-0.2, -0.15) is 0 Å². The zero-order valence-electron chi connectivity index (χ0n) is 36.4. The van der Waals surface area contributed by atoms with Gasteiger partial charge in [0.2, 0.25) is 0 Å². The van der Waals surface area contributed by atoms with Crippen LogP contribution in [0.1, 0.15) is 22.3 Å². The van der Waals surface area contributed by atoms with E-state index >= 15 is 0 Å². The van der Waals surface area contributed by atoms with E-state index in [4.69, 9.17) is 24.9 Å². The van der Waals surface area contributed by atoms with Gasteiger partial charge in [0.05, 0.1) is 16.8 Å². The van der Waals surface area contributed by atoms with Gasteiger partial charge >= 0.3 is 0 Å². The van der Waals surface area contributed by atoms with Crippen molar-refractivity contribution in [2.24, 2.45) is 0 Å². The van der Waals surface area contributed by atoms with E-state index in [1.54, 1.807) is 0 Å². The van der Waals surface area contributed by atoms with Crippen LogP contribution in [0.25, 0.3) is 90.3 Å². The zero-order valence-corrected chi connectivity index (χ0v) is 36.4. The lowest BCUT2D eigenvalue weighted by Gasteiger charge is -2.34. The molecule has 2 aromatic heterocycles. The highest BCUT2D eigenvalue weighted by Gasteiger charge is 2.46. The van der Waals surface area contributed by atoms with Crippen molar-refractivity contribution in [1.82, 2.24) is 24.9 Å². The smallest absolute Gasteiger partial charge is 0.164 e. The largest absolute Gasteiger partial charge is 0.228 e.